The van der Waals surface area contributed by atoms with Crippen LogP contribution in [0.25, 0.3) is 16.3 Å². The molecule has 2 saturated carbocycles. The van der Waals surface area contributed by atoms with Gasteiger partial charge in [0.05, 0.1) is 29.0 Å². The van der Waals surface area contributed by atoms with Crippen LogP contribution in [0.1, 0.15) is 30.7 Å². The van der Waals surface area contributed by atoms with Gasteiger partial charge in [0.15, 0.2) is 10.8 Å². The zero-order chi connectivity index (χ0) is 27.8. The third-order valence-corrected chi connectivity index (χ3v) is 9.65. The van der Waals surface area contributed by atoms with Crippen LogP contribution in [-0.2, 0) is 21.0 Å². The molecule has 1 saturated heterocycles. The summed E-state index contributed by atoms with van der Waals surface area (Å²) in [5.41, 5.74) is 4.98. The highest BCUT2D eigenvalue weighted by atomic mass is 32.2. The molecule has 3 aliphatic rings. The van der Waals surface area contributed by atoms with Crippen molar-refractivity contribution < 1.29 is 26.4 Å². The van der Waals surface area contributed by atoms with Gasteiger partial charge >= 0.3 is 6.18 Å². The normalized spacial score (nSPS) is 20.2. The Hall–Kier alpha value is -3.33. The highest BCUT2D eigenvalue weighted by Gasteiger charge is 2.49. The van der Waals surface area contributed by atoms with Gasteiger partial charge in [0, 0.05) is 32.4 Å². The van der Waals surface area contributed by atoms with Gasteiger partial charge in [0.25, 0.3) is 0 Å². The number of nitriles is 1. The van der Waals surface area contributed by atoms with Gasteiger partial charge in [-0.05, 0) is 31.7 Å². The molecule has 0 radical (unpaired) electrons. The Balaban J connectivity index is 1.40. The Morgan fingerprint density at radius 2 is 1.85 bits per heavy atom. The summed E-state index contributed by atoms with van der Waals surface area (Å²) in [5, 5.41) is 15.0. The van der Waals surface area contributed by atoms with Gasteiger partial charge in [-0.15, -0.1) is 10.2 Å². The first kappa shape index (κ1) is 25.9. The van der Waals surface area contributed by atoms with Crippen molar-refractivity contribution in [2.24, 2.45) is 5.73 Å². The summed E-state index contributed by atoms with van der Waals surface area (Å²) in [6, 6.07) is 3.43. The van der Waals surface area contributed by atoms with Crippen molar-refractivity contribution in [3.8, 4) is 16.9 Å². The van der Waals surface area contributed by atoms with E-state index < -0.39 is 32.3 Å². The molecule has 39 heavy (non-hydrogen) atoms. The fourth-order valence-corrected chi connectivity index (χ4v) is 6.63. The summed E-state index contributed by atoms with van der Waals surface area (Å²) in [5.74, 6) is -0.118. The Kier molecular flexibility index (Phi) is 5.70. The van der Waals surface area contributed by atoms with Crippen molar-refractivity contribution >= 4 is 38.5 Å². The van der Waals surface area contributed by atoms with Crippen molar-refractivity contribution in [2.75, 3.05) is 31.1 Å². The fourth-order valence-electron chi connectivity index (χ4n) is 4.53. The summed E-state index contributed by atoms with van der Waals surface area (Å²) in [7, 11) is -4.19. The number of aromatic nitrogens is 4. The minimum absolute atomic E-state index is 0.00895. The summed E-state index contributed by atoms with van der Waals surface area (Å²) < 4.78 is 70.0. The number of rotatable bonds is 6. The van der Waals surface area contributed by atoms with E-state index in [-0.39, 0.29) is 21.6 Å². The fraction of sp³-hybridized carbons (Fsp3) is 0.500. The number of carbonyl (C=O) groups is 1. The third kappa shape index (κ3) is 4.60. The number of halogens is 3. The number of sulfonamides is 1. The average molecular weight is 582 g/mol. The summed E-state index contributed by atoms with van der Waals surface area (Å²) in [4.78, 5) is 20.3. The predicted molar refractivity (Wildman–Crippen MR) is 132 cm³/mol. The summed E-state index contributed by atoms with van der Waals surface area (Å²) >= 11 is 0.294. The second-order valence-electron chi connectivity index (χ2n) is 10.0. The Morgan fingerprint density at radius 1 is 1.15 bits per heavy atom. The number of piperazine rings is 1. The molecule has 1 amide bonds. The quantitative estimate of drug-likeness (QED) is 0.437. The van der Waals surface area contributed by atoms with Crippen LogP contribution >= 0.6 is 11.3 Å². The molecule has 1 aliphatic heterocycles. The van der Waals surface area contributed by atoms with Gasteiger partial charge < -0.3 is 15.5 Å². The molecule has 17 heteroatoms. The lowest BCUT2D eigenvalue weighted by atomic mass is 10.2. The monoisotopic (exact) mass is 581 g/mol. The maximum Gasteiger partial charge on any atom is 0.445 e. The van der Waals surface area contributed by atoms with E-state index in [4.69, 9.17) is 5.73 Å². The number of anilines is 1. The van der Waals surface area contributed by atoms with Gasteiger partial charge in [0.2, 0.25) is 20.9 Å². The van der Waals surface area contributed by atoms with Gasteiger partial charge in [-0.2, -0.15) is 23.2 Å². The Morgan fingerprint density at radius 3 is 2.41 bits per heavy atom. The second-order valence-corrected chi connectivity index (χ2v) is 12.7. The van der Waals surface area contributed by atoms with Crippen LogP contribution in [0.3, 0.4) is 0 Å². The van der Waals surface area contributed by atoms with Crippen molar-refractivity contribution in [1.82, 2.24) is 29.2 Å². The summed E-state index contributed by atoms with van der Waals surface area (Å²) in [6.45, 7) is 1.47. The number of carbonyl (C=O) groups excluding carboxylic acids is 1. The number of alkyl halides is 3. The number of nitrogens with one attached hydrogen (secondary N) is 1. The van der Waals surface area contributed by atoms with Gasteiger partial charge in [-0.25, -0.2) is 13.4 Å². The van der Waals surface area contributed by atoms with Gasteiger partial charge in [-0.3, -0.25) is 9.20 Å². The average Bonchev–Trinajstić information content (AvgIpc) is 3.71. The standard InChI is InChI=1S/C22H22F3N9O3S2/c23-22(24,25)18-30-29-17(38-18)16-28-10-15-14(32-5-7-33(8-6-32)19(35)21(27)3-4-21)9-13(11-34(15)16)39(36,37)31-20(12-26)1-2-20/h9-11,31H,1-8,27H2. The molecule has 3 fully saturated rings. The van der Waals surface area contributed by atoms with Crippen LogP contribution in [0.5, 0.6) is 0 Å². The number of hydrogen-bond donors (Lipinski definition) is 2. The topological polar surface area (TPSA) is 163 Å². The smallest absolute Gasteiger partial charge is 0.366 e. The van der Waals surface area contributed by atoms with E-state index >= 15 is 0 Å². The molecule has 206 valence electrons. The molecule has 6 rings (SSSR count). The highest BCUT2D eigenvalue weighted by Crippen LogP contribution is 2.39. The minimum atomic E-state index is -4.69. The van der Waals surface area contributed by atoms with Gasteiger partial charge in [-0.1, -0.05) is 11.3 Å². The number of nitrogens with zero attached hydrogens (tertiary/aromatic N) is 7. The highest BCUT2D eigenvalue weighted by molar-refractivity contribution is 7.89. The Bertz CT molecular complexity index is 1630. The first-order valence-electron chi connectivity index (χ1n) is 12.0. The van der Waals surface area contributed by atoms with Crippen molar-refractivity contribution in [3.63, 3.8) is 0 Å². The largest absolute Gasteiger partial charge is 0.445 e. The molecule has 3 aromatic heterocycles. The van der Waals surface area contributed by atoms with Crippen LogP contribution < -0.4 is 15.4 Å². The van der Waals surface area contributed by atoms with E-state index in [2.05, 4.69) is 19.9 Å². The third-order valence-electron chi connectivity index (χ3n) is 7.18. The number of pyridine rings is 1. The lowest BCUT2D eigenvalue weighted by Gasteiger charge is -2.37. The molecular weight excluding hydrogens is 559 g/mol. The van der Waals surface area contributed by atoms with E-state index in [1.807, 2.05) is 11.0 Å². The second kappa shape index (κ2) is 8.58. The number of hydrogen-bond acceptors (Lipinski definition) is 10. The zero-order valence-electron chi connectivity index (χ0n) is 20.3. The molecule has 0 bridgehead atoms. The predicted octanol–water partition coefficient (Wildman–Crippen LogP) is 1.35. The van der Waals surface area contributed by atoms with E-state index in [0.29, 0.717) is 74.4 Å². The number of imidazole rings is 1. The van der Waals surface area contributed by atoms with Crippen LogP contribution in [-0.4, -0.2) is 76.1 Å². The van der Waals surface area contributed by atoms with Crippen LogP contribution in [0.4, 0.5) is 18.9 Å². The molecular formula is C22H22F3N9O3S2. The Labute approximate surface area is 224 Å². The lowest BCUT2D eigenvalue weighted by molar-refractivity contribution is -0.138. The van der Waals surface area contributed by atoms with E-state index in [0.717, 1.165) is 0 Å². The molecule has 3 N–H and O–H groups in total. The minimum Gasteiger partial charge on any atom is -0.366 e. The zero-order valence-corrected chi connectivity index (χ0v) is 21.9. The lowest BCUT2D eigenvalue weighted by Crippen LogP contribution is -2.54. The van der Waals surface area contributed by atoms with Crippen molar-refractivity contribution in [2.45, 2.75) is 47.8 Å². The van der Waals surface area contributed by atoms with E-state index in [1.165, 1.54) is 22.9 Å². The van der Waals surface area contributed by atoms with Crippen molar-refractivity contribution in [1.29, 1.82) is 5.26 Å². The molecule has 2 aliphatic carbocycles. The molecule has 3 aromatic rings. The summed E-state index contributed by atoms with van der Waals surface area (Å²) in [6.07, 6.45) is 0.0137. The SMILES string of the molecule is N#CC1(NS(=O)(=O)c2cc(N3CCN(C(=O)C4(N)CC4)CC3)c3cnc(-c4nnc(C(F)(F)F)s4)n3c2)CC1. The number of nitrogens with two attached hydrogens (primary N) is 1. The van der Waals surface area contributed by atoms with E-state index in [9.17, 15) is 31.6 Å². The number of amides is 1. The maximum absolute atomic E-state index is 13.3. The maximum atomic E-state index is 13.3. The van der Waals surface area contributed by atoms with Crippen LogP contribution in [0.2, 0.25) is 0 Å². The molecule has 0 atom stereocenters. The first-order chi connectivity index (χ1) is 18.3. The molecule has 0 unspecified atom stereocenters. The van der Waals surface area contributed by atoms with Crippen LogP contribution in [0, 0.1) is 11.3 Å². The molecule has 0 spiro atoms. The first-order valence-corrected chi connectivity index (χ1v) is 14.3. The number of fused-ring (bicyclic) bond motifs is 1. The van der Waals surface area contributed by atoms with Crippen LogP contribution in [0.15, 0.2) is 23.4 Å². The van der Waals surface area contributed by atoms with Gasteiger partial charge in [0.1, 0.15) is 10.4 Å². The van der Waals surface area contributed by atoms with Crippen molar-refractivity contribution in [3.05, 3.63) is 23.5 Å². The van der Waals surface area contributed by atoms with E-state index in [1.54, 1.807) is 4.90 Å². The molecule has 0 aromatic carbocycles. The molecule has 4 heterocycles. The molecule has 12 nitrogen and oxygen atoms in total.